The zero-order chi connectivity index (χ0) is 14.7. The fourth-order valence-corrected chi connectivity index (χ4v) is 1.99. The molecule has 0 spiro atoms. The largest absolute Gasteiger partial charge is 0.351 e. The summed E-state index contributed by atoms with van der Waals surface area (Å²) in [6, 6.07) is 11.1. The molecule has 2 aromatic heterocycles. The van der Waals surface area contributed by atoms with Crippen molar-refractivity contribution in [1.82, 2.24) is 14.9 Å². The van der Waals surface area contributed by atoms with Gasteiger partial charge in [0.1, 0.15) is 0 Å². The van der Waals surface area contributed by atoms with Gasteiger partial charge in [-0.05, 0) is 30.7 Å². The van der Waals surface area contributed by atoms with Crippen molar-refractivity contribution >= 4 is 11.6 Å². The summed E-state index contributed by atoms with van der Waals surface area (Å²) in [5, 5.41) is 10.6. The van der Waals surface area contributed by atoms with E-state index in [1.807, 2.05) is 41.2 Å². The number of hydrogen-bond acceptors (Lipinski definition) is 4. The van der Waals surface area contributed by atoms with Gasteiger partial charge in [0, 0.05) is 24.1 Å². The molecule has 106 valence electrons. The van der Waals surface area contributed by atoms with Crippen LogP contribution in [0, 0.1) is 6.92 Å². The van der Waals surface area contributed by atoms with E-state index in [1.165, 1.54) is 0 Å². The molecular weight excluding hydrogens is 268 g/mol. The lowest BCUT2D eigenvalue weighted by molar-refractivity contribution is 0.0988. The van der Waals surface area contributed by atoms with Gasteiger partial charge < -0.3 is 9.84 Å². The molecule has 1 aromatic carbocycles. The van der Waals surface area contributed by atoms with E-state index in [2.05, 4.69) is 15.6 Å². The molecule has 0 atom stereocenters. The molecule has 6 nitrogen and oxygen atoms in total. The second-order valence-corrected chi connectivity index (χ2v) is 4.69. The Hall–Kier alpha value is -2.89. The maximum atomic E-state index is 12.0. The topological polar surface area (TPSA) is 73.0 Å². The number of aromatic nitrogens is 3. The second-order valence-electron chi connectivity index (χ2n) is 4.69. The van der Waals surface area contributed by atoms with E-state index in [4.69, 9.17) is 4.52 Å². The SMILES string of the molecule is Cc1cc(C(=O)Nc2cccc(Cn3cccn3)c2)on1. The van der Waals surface area contributed by atoms with Crippen molar-refractivity contribution in [2.24, 2.45) is 0 Å². The Morgan fingerprint density at radius 1 is 1.33 bits per heavy atom. The standard InChI is InChI=1S/C15H14N4O2/c1-11-8-14(21-18-11)15(20)17-13-5-2-4-12(9-13)10-19-7-3-6-16-19/h2-9H,10H2,1H3,(H,17,20). The van der Waals surface area contributed by atoms with Crippen LogP contribution in [0.4, 0.5) is 5.69 Å². The smallest absolute Gasteiger partial charge is 0.294 e. The van der Waals surface area contributed by atoms with Crippen LogP contribution >= 0.6 is 0 Å². The summed E-state index contributed by atoms with van der Waals surface area (Å²) in [6.45, 7) is 2.42. The van der Waals surface area contributed by atoms with Gasteiger partial charge in [-0.3, -0.25) is 9.48 Å². The Bertz CT molecular complexity index is 747. The van der Waals surface area contributed by atoms with Crippen molar-refractivity contribution in [2.45, 2.75) is 13.5 Å². The molecule has 0 aliphatic heterocycles. The van der Waals surface area contributed by atoms with Crippen LogP contribution in [-0.4, -0.2) is 20.8 Å². The van der Waals surface area contributed by atoms with Gasteiger partial charge >= 0.3 is 0 Å². The average Bonchev–Trinajstić information content (AvgIpc) is 3.11. The summed E-state index contributed by atoms with van der Waals surface area (Å²) in [5.74, 6) is -0.114. The van der Waals surface area contributed by atoms with Gasteiger partial charge in [0.25, 0.3) is 5.91 Å². The molecule has 0 saturated carbocycles. The van der Waals surface area contributed by atoms with Gasteiger partial charge in [-0.1, -0.05) is 17.3 Å². The molecule has 1 amide bonds. The van der Waals surface area contributed by atoms with Crippen LogP contribution < -0.4 is 5.32 Å². The number of benzene rings is 1. The van der Waals surface area contributed by atoms with Crippen LogP contribution in [0.2, 0.25) is 0 Å². The molecule has 6 heteroatoms. The third kappa shape index (κ3) is 3.17. The number of nitrogens with one attached hydrogen (secondary N) is 1. The normalized spacial score (nSPS) is 10.5. The predicted octanol–water partition coefficient (Wildman–Crippen LogP) is 2.48. The minimum absolute atomic E-state index is 0.199. The summed E-state index contributed by atoms with van der Waals surface area (Å²) in [7, 11) is 0. The van der Waals surface area contributed by atoms with Gasteiger partial charge in [0.2, 0.25) is 5.76 Å². The first kappa shape index (κ1) is 13.1. The monoisotopic (exact) mass is 282 g/mol. The van der Waals surface area contributed by atoms with Crippen molar-refractivity contribution in [3.8, 4) is 0 Å². The lowest BCUT2D eigenvalue weighted by atomic mass is 10.2. The zero-order valence-corrected chi connectivity index (χ0v) is 11.5. The number of rotatable bonds is 4. The fraction of sp³-hybridized carbons (Fsp3) is 0.133. The Kier molecular flexibility index (Phi) is 3.51. The highest BCUT2D eigenvalue weighted by atomic mass is 16.5. The van der Waals surface area contributed by atoms with Crippen LogP contribution in [0.15, 0.2) is 53.3 Å². The van der Waals surface area contributed by atoms with Crippen LogP contribution in [0.5, 0.6) is 0 Å². The number of hydrogen-bond donors (Lipinski definition) is 1. The molecule has 0 aliphatic rings. The zero-order valence-electron chi connectivity index (χ0n) is 11.5. The van der Waals surface area contributed by atoms with Crippen LogP contribution in [-0.2, 0) is 6.54 Å². The van der Waals surface area contributed by atoms with Gasteiger partial charge in [0.05, 0.1) is 12.2 Å². The van der Waals surface area contributed by atoms with Gasteiger partial charge in [0.15, 0.2) is 0 Å². The highest BCUT2D eigenvalue weighted by molar-refractivity contribution is 6.02. The van der Waals surface area contributed by atoms with Crippen molar-refractivity contribution in [3.05, 3.63) is 65.8 Å². The van der Waals surface area contributed by atoms with Gasteiger partial charge in [-0.2, -0.15) is 5.10 Å². The lowest BCUT2D eigenvalue weighted by Crippen LogP contribution is -2.11. The number of anilines is 1. The van der Waals surface area contributed by atoms with E-state index >= 15 is 0 Å². The Balaban J connectivity index is 1.72. The molecule has 0 saturated heterocycles. The highest BCUT2D eigenvalue weighted by Gasteiger charge is 2.11. The summed E-state index contributed by atoms with van der Waals surface area (Å²) >= 11 is 0. The van der Waals surface area contributed by atoms with Crippen molar-refractivity contribution in [2.75, 3.05) is 5.32 Å². The van der Waals surface area contributed by atoms with E-state index in [0.717, 1.165) is 5.56 Å². The van der Waals surface area contributed by atoms with Gasteiger partial charge in [-0.15, -0.1) is 0 Å². The van der Waals surface area contributed by atoms with Crippen LogP contribution in [0.3, 0.4) is 0 Å². The Morgan fingerprint density at radius 3 is 2.95 bits per heavy atom. The first-order chi connectivity index (χ1) is 10.2. The number of carbonyl (C=O) groups excluding carboxylic acids is 1. The third-order valence-corrected chi connectivity index (χ3v) is 2.94. The molecule has 0 radical (unpaired) electrons. The van der Waals surface area contributed by atoms with E-state index in [0.29, 0.717) is 17.9 Å². The second kappa shape index (κ2) is 5.62. The minimum atomic E-state index is -0.313. The number of amides is 1. The minimum Gasteiger partial charge on any atom is -0.351 e. The molecule has 21 heavy (non-hydrogen) atoms. The molecule has 0 aliphatic carbocycles. The van der Waals surface area contributed by atoms with Crippen molar-refractivity contribution < 1.29 is 9.32 Å². The molecule has 0 unspecified atom stereocenters. The summed E-state index contributed by atoms with van der Waals surface area (Å²) in [5.41, 5.74) is 2.43. The van der Waals surface area contributed by atoms with E-state index < -0.39 is 0 Å². The average molecular weight is 282 g/mol. The molecule has 0 fully saturated rings. The molecule has 1 N–H and O–H groups in total. The van der Waals surface area contributed by atoms with Crippen LogP contribution in [0.1, 0.15) is 21.8 Å². The van der Waals surface area contributed by atoms with E-state index in [9.17, 15) is 4.79 Å². The van der Waals surface area contributed by atoms with Crippen molar-refractivity contribution in [3.63, 3.8) is 0 Å². The summed E-state index contributed by atoms with van der Waals surface area (Å²) in [4.78, 5) is 12.0. The third-order valence-electron chi connectivity index (χ3n) is 2.94. The predicted molar refractivity (Wildman–Crippen MR) is 77.0 cm³/mol. The Morgan fingerprint density at radius 2 is 2.24 bits per heavy atom. The van der Waals surface area contributed by atoms with Gasteiger partial charge in [-0.25, -0.2) is 0 Å². The maximum absolute atomic E-state index is 12.0. The molecule has 3 aromatic rings. The molecule has 2 heterocycles. The number of aryl methyl sites for hydroxylation is 1. The maximum Gasteiger partial charge on any atom is 0.294 e. The first-order valence-electron chi connectivity index (χ1n) is 6.52. The van der Waals surface area contributed by atoms with E-state index in [-0.39, 0.29) is 11.7 Å². The summed E-state index contributed by atoms with van der Waals surface area (Å²) < 4.78 is 6.76. The number of nitrogens with zero attached hydrogens (tertiary/aromatic N) is 3. The van der Waals surface area contributed by atoms with Crippen LogP contribution in [0.25, 0.3) is 0 Å². The van der Waals surface area contributed by atoms with Crippen molar-refractivity contribution in [1.29, 1.82) is 0 Å². The van der Waals surface area contributed by atoms with E-state index in [1.54, 1.807) is 19.2 Å². The first-order valence-corrected chi connectivity index (χ1v) is 6.52. The molecule has 3 rings (SSSR count). The Labute approximate surface area is 121 Å². The summed E-state index contributed by atoms with van der Waals surface area (Å²) in [6.07, 6.45) is 3.63. The highest BCUT2D eigenvalue weighted by Crippen LogP contribution is 2.13. The quantitative estimate of drug-likeness (QED) is 0.798. The molecular formula is C15H14N4O2. The number of carbonyl (C=O) groups is 1. The lowest BCUT2D eigenvalue weighted by Gasteiger charge is -2.06. The fourth-order valence-electron chi connectivity index (χ4n) is 1.99. The molecule has 0 bridgehead atoms.